The third-order valence-electron chi connectivity index (χ3n) is 22.6. The summed E-state index contributed by atoms with van der Waals surface area (Å²) < 4.78 is 165. The molecule has 0 spiro atoms. The number of hydrogen-bond acceptors (Lipinski definition) is 24. The van der Waals surface area contributed by atoms with Gasteiger partial charge in [-0.05, 0) is 219 Å². The SMILES string of the molecule is CS(=O)(=O)c1cccc([C@@H](CO)NC(=O)c2ccc(-c3nc(C4CCOCC4)cnc3N)cc2F)c1.C[C@@H](NC(=O)c1ccc(-c2cc(C3CC3)cnc2N)cc1F)c1cc(F)cc(S(C)(=O)=O)c1.C[C@@H](NC(=O)c1ccc(-c2nc(C3CC3)cnc2N)cc1F)c1cc(F)cc(S(C)(=O)=O)c1.Cn1cc(-c2cnc(N)c(-c3ccc(C(=O)NC(CN)c4cccc(Cl)c4)c(F)c3)c2)cn1. The van der Waals surface area contributed by atoms with Crippen LogP contribution in [0.3, 0.4) is 0 Å². The van der Waals surface area contributed by atoms with Gasteiger partial charge in [-0.25, -0.2) is 81.5 Å². The second-order valence-electron chi connectivity index (χ2n) is 32.8. The van der Waals surface area contributed by atoms with Gasteiger partial charge in [-0.3, -0.25) is 23.9 Å². The van der Waals surface area contributed by atoms with Gasteiger partial charge in [0.1, 0.15) is 69.6 Å². The third kappa shape index (κ3) is 25.0. The zero-order valence-corrected chi connectivity index (χ0v) is 76.7. The number of ether oxygens (including phenoxy) is 1. The van der Waals surface area contributed by atoms with Crippen LogP contribution in [0.25, 0.3) is 55.9 Å². The zero-order valence-electron chi connectivity index (χ0n) is 73.5. The number of halogens is 7. The van der Waals surface area contributed by atoms with Gasteiger partial charge in [0.2, 0.25) is 0 Å². The van der Waals surface area contributed by atoms with E-state index in [2.05, 4.69) is 56.3 Å². The van der Waals surface area contributed by atoms with Gasteiger partial charge >= 0.3 is 0 Å². The summed E-state index contributed by atoms with van der Waals surface area (Å²) in [4.78, 5) is 76.5. The topological polar surface area (TPSA) is 474 Å². The van der Waals surface area contributed by atoms with E-state index in [1.807, 2.05) is 25.4 Å². The number of hydrogen-bond donors (Lipinski definition) is 10. The average Bonchev–Trinajstić information content (AvgIpc) is 1.75. The van der Waals surface area contributed by atoms with Crippen LogP contribution in [-0.2, 0) is 41.3 Å². The van der Waals surface area contributed by atoms with E-state index in [1.165, 1.54) is 91.0 Å². The minimum atomic E-state index is -3.64. The molecule has 2 aliphatic carbocycles. The fourth-order valence-electron chi connectivity index (χ4n) is 14.7. The van der Waals surface area contributed by atoms with Gasteiger partial charge in [-0.1, -0.05) is 60.1 Å². The molecule has 16 rings (SSSR count). The number of benzene rings is 8. The number of nitrogens with zero attached hydrogens (tertiary/aromatic N) is 8. The molecule has 15 N–H and O–H groups in total. The van der Waals surface area contributed by atoms with E-state index < -0.39 is 119 Å². The smallest absolute Gasteiger partial charge is 0.254 e. The third-order valence-corrected chi connectivity index (χ3v) is 26.1. The molecular weight excluding hydrogens is 1830 g/mol. The molecule has 1 unspecified atom stereocenters. The highest BCUT2D eigenvalue weighted by molar-refractivity contribution is 7.91. The molecule has 0 bridgehead atoms. The van der Waals surface area contributed by atoms with Crippen molar-refractivity contribution in [2.45, 2.75) is 109 Å². The fourth-order valence-corrected chi connectivity index (χ4v) is 16.9. The van der Waals surface area contributed by atoms with Crippen molar-refractivity contribution in [1.29, 1.82) is 0 Å². The van der Waals surface area contributed by atoms with Crippen LogP contribution in [-0.4, -0.2) is 139 Å². The van der Waals surface area contributed by atoms with Crippen LogP contribution in [0.5, 0.6) is 0 Å². The molecule has 2 saturated carbocycles. The molecule has 6 heterocycles. The normalized spacial score (nSPS) is 14.2. The van der Waals surface area contributed by atoms with E-state index in [-0.39, 0.29) is 83.8 Å². The number of carbonyl (C=O) groups excluding carboxylic acids is 4. The summed E-state index contributed by atoms with van der Waals surface area (Å²) in [5.74, 6) is -5.49. The van der Waals surface area contributed by atoms with Crippen LogP contribution >= 0.6 is 11.6 Å². The van der Waals surface area contributed by atoms with Crippen LogP contribution in [0.15, 0.2) is 222 Å². The van der Waals surface area contributed by atoms with Gasteiger partial charge < -0.3 is 59.8 Å². The van der Waals surface area contributed by atoms with Gasteiger partial charge in [0.15, 0.2) is 29.5 Å². The first-order chi connectivity index (χ1) is 64.1. The number of nitrogen functional groups attached to an aromatic ring is 4. The van der Waals surface area contributed by atoms with Crippen LogP contribution in [0.4, 0.5) is 49.6 Å². The lowest BCUT2D eigenvalue weighted by Gasteiger charge is -2.22. The Labute approximate surface area is 779 Å². The second kappa shape index (κ2) is 42.1. The molecule has 0 radical (unpaired) electrons. The monoisotopic (exact) mass is 1920 g/mol. The zero-order chi connectivity index (χ0) is 97.2. The molecule has 13 aromatic rings. The number of aryl methyl sites for hydroxylation is 1. The summed E-state index contributed by atoms with van der Waals surface area (Å²) >= 11 is 6.03. The highest BCUT2D eigenvalue weighted by Gasteiger charge is 2.31. The van der Waals surface area contributed by atoms with Crippen molar-refractivity contribution in [3.8, 4) is 55.9 Å². The summed E-state index contributed by atoms with van der Waals surface area (Å²) in [6.45, 7) is 4.00. The van der Waals surface area contributed by atoms with Crippen LogP contribution in [0.2, 0.25) is 5.02 Å². The molecule has 39 heteroatoms. The summed E-state index contributed by atoms with van der Waals surface area (Å²) in [6.07, 6.45) is 19.0. The lowest BCUT2D eigenvalue weighted by atomic mass is 9.96. The minimum absolute atomic E-state index is 0.0462. The van der Waals surface area contributed by atoms with Crippen molar-refractivity contribution in [2.24, 2.45) is 12.8 Å². The van der Waals surface area contributed by atoms with E-state index >= 15 is 4.39 Å². The van der Waals surface area contributed by atoms with Gasteiger partial charge in [0.05, 0.1) is 97.7 Å². The quantitative estimate of drug-likeness (QED) is 0.0238. The lowest BCUT2D eigenvalue weighted by Crippen LogP contribution is -2.33. The van der Waals surface area contributed by atoms with Gasteiger partial charge in [0.25, 0.3) is 23.6 Å². The Bertz CT molecular complexity index is 6870. The number of rotatable bonds is 25. The van der Waals surface area contributed by atoms with Crippen molar-refractivity contribution in [3.63, 3.8) is 0 Å². The molecule has 5 aromatic heterocycles. The van der Waals surface area contributed by atoms with Crippen molar-refractivity contribution in [2.75, 3.05) is 68.1 Å². The maximum atomic E-state index is 15.0. The fraction of sp³-hybridized carbons (Fsp3) is 0.240. The summed E-state index contributed by atoms with van der Waals surface area (Å²) in [5, 5.41) is 24.9. The summed E-state index contributed by atoms with van der Waals surface area (Å²) in [5.41, 5.74) is 38.5. The number of nitrogens with one attached hydrogen (secondary N) is 4. The molecule has 1 saturated heterocycles. The summed E-state index contributed by atoms with van der Waals surface area (Å²) in [6, 6.07) is 36.7. The second-order valence-corrected chi connectivity index (χ2v) is 39.3. The Morgan fingerprint density at radius 1 is 0.444 bits per heavy atom. The van der Waals surface area contributed by atoms with Crippen molar-refractivity contribution in [3.05, 3.63) is 308 Å². The van der Waals surface area contributed by atoms with E-state index in [1.54, 1.807) is 92.0 Å². The molecule has 29 nitrogen and oxygen atoms in total. The minimum Gasteiger partial charge on any atom is -0.394 e. The number of pyridine rings is 2. The number of amides is 4. The predicted molar refractivity (Wildman–Crippen MR) is 499 cm³/mol. The van der Waals surface area contributed by atoms with Crippen LogP contribution in [0, 0.1) is 34.9 Å². The molecule has 3 aliphatic rings. The number of aromatic nitrogens is 8. The Kier molecular flexibility index (Phi) is 30.8. The standard InChI is InChI=1S/C25H27FN4O5S.C24H22ClFN6O.C24H23F2N3O3S.C23H22F2N4O3S/c1-36(33,34)18-4-2-3-16(11-18)22(14-31)30-25(32)19-6-5-17(12-20(19)26)23-24(27)28-13-21(29-23)15-7-9-35-10-8-15;1-32-13-17(12-30-32)16-8-20(23(28)29-11-16)14-5-6-19(21(26)9-14)24(33)31-22(10-27)15-3-2-4-18(25)7-15;1-13(16-7-18(25)11-19(8-16)33(2,31)32)29-24(30)20-6-5-15(10-22(20)26)21-9-17(14-3-4-14)12-28-23(21)27;1-12(15-7-16(24)10-17(8-15)33(2,31)32)28-23(30)18-6-5-14(9-19(18)25)21-22(26)27-11-20(29-21)13-3-4-13/h2-6,11-13,15,22,31H,7-10,14H2,1H3,(H2,27,28)(H,30,32);2-9,11-13,22H,10,27H2,1H3,(H2,28,29)(H,31,33);5-14H,3-4H2,1-2H3,(H2,27,28)(H,29,30);5-13H,3-4H2,1-2H3,(H2,26,27)(H,28,30)/t22-;;13-;12-/m1.11/s1. The van der Waals surface area contributed by atoms with E-state index in [0.29, 0.717) is 80.4 Å². The number of aliphatic hydroxyl groups is 1. The molecule has 4 atom stereocenters. The highest BCUT2D eigenvalue weighted by Crippen LogP contribution is 2.43. The van der Waals surface area contributed by atoms with Gasteiger partial charge in [0, 0.05) is 114 Å². The lowest BCUT2D eigenvalue weighted by molar-refractivity contribution is 0.0844. The molecule has 4 amide bonds. The van der Waals surface area contributed by atoms with Gasteiger partial charge in [-0.15, -0.1) is 0 Å². The number of anilines is 4. The predicted octanol–water partition coefficient (Wildman–Crippen LogP) is 14.7. The molecule has 135 heavy (non-hydrogen) atoms. The first-order valence-electron chi connectivity index (χ1n) is 42.2. The number of carbonyl (C=O) groups is 4. The number of aliphatic hydroxyl groups excluding tert-OH is 1. The van der Waals surface area contributed by atoms with E-state index in [9.17, 15) is 71.5 Å². The Hall–Kier alpha value is -13.9. The Balaban J connectivity index is 0.000000153. The molecular formula is C96H94ClF6N17O12S3. The maximum Gasteiger partial charge on any atom is 0.254 e. The van der Waals surface area contributed by atoms with E-state index in [0.717, 1.165) is 115 Å². The van der Waals surface area contributed by atoms with Crippen LogP contribution in [0.1, 0.15) is 175 Å². The van der Waals surface area contributed by atoms with E-state index in [4.69, 9.17) is 45.0 Å². The average molecular weight is 1920 g/mol. The maximum absolute atomic E-state index is 15.0. The first kappa shape index (κ1) is 98.6. The molecule has 3 fully saturated rings. The summed E-state index contributed by atoms with van der Waals surface area (Å²) in [7, 11) is -8.94. The first-order valence-corrected chi connectivity index (χ1v) is 48.3. The largest absolute Gasteiger partial charge is 0.394 e. The van der Waals surface area contributed by atoms with Gasteiger partial charge in [-0.2, -0.15) is 5.10 Å². The number of nitrogens with two attached hydrogens (primary N) is 5. The Morgan fingerprint density at radius 2 is 0.852 bits per heavy atom. The van der Waals surface area contributed by atoms with Crippen molar-refractivity contribution < 1.29 is 80.6 Å². The number of sulfone groups is 3. The Morgan fingerprint density at radius 3 is 1.28 bits per heavy atom. The molecule has 702 valence electrons. The van der Waals surface area contributed by atoms with Crippen molar-refractivity contribution in [1.82, 2.24) is 61.0 Å². The molecule has 1 aliphatic heterocycles. The van der Waals surface area contributed by atoms with Crippen molar-refractivity contribution >= 4 is 88.0 Å². The molecule has 8 aromatic carbocycles. The highest BCUT2D eigenvalue weighted by atomic mass is 35.5. The van der Waals surface area contributed by atoms with Crippen LogP contribution < -0.4 is 49.9 Å².